The quantitative estimate of drug-likeness (QED) is 0.694. The van der Waals surface area contributed by atoms with Gasteiger partial charge in [-0.2, -0.15) is 5.10 Å². The van der Waals surface area contributed by atoms with Gasteiger partial charge in [-0.1, -0.05) is 13.0 Å². The third-order valence-electron chi connectivity index (χ3n) is 3.26. The highest BCUT2D eigenvalue weighted by molar-refractivity contribution is 6.02. The predicted molar refractivity (Wildman–Crippen MR) is 81.1 cm³/mol. The van der Waals surface area contributed by atoms with Crippen LogP contribution in [0.25, 0.3) is 0 Å². The fourth-order valence-corrected chi connectivity index (χ4v) is 2.10. The van der Waals surface area contributed by atoms with Crippen LogP contribution in [-0.2, 0) is 0 Å². The topological polar surface area (TPSA) is 72.8 Å². The molecule has 0 fully saturated rings. The summed E-state index contributed by atoms with van der Waals surface area (Å²) >= 11 is 0. The van der Waals surface area contributed by atoms with Crippen molar-refractivity contribution in [1.29, 1.82) is 0 Å². The van der Waals surface area contributed by atoms with E-state index in [1.54, 1.807) is 30.6 Å². The second-order valence-electron chi connectivity index (χ2n) is 4.66. The Morgan fingerprint density at radius 2 is 2.14 bits per heavy atom. The minimum Gasteiger partial charge on any atom is -0.454 e. The molecular formula is C16H15N3O3. The number of amides is 1. The van der Waals surface area contributed by atoms with Crippen molar-refractivity contribution in [3.8, 4) is 11.5 Å². The maximum absolute atomic E-state index is 12.2. The molecule has 0 bridgehead atoms. The molecule has 0 saturated carbocycles. The molecule has 1 aromatic carbocycles. The van der Waals surface area contributed by atoms with E-state index in [-0.39, 0.29) is 12.7 Å². The van der Waals surface area contributed by atoms with E-state index < -0.39 is 0 Å². The van der Waals surface area contributed by atoms with Crippen molar-refractivity contribution in [3.63, 3.8) is 0 Å². The summed E-state index contributed by atoms with van der Waals surface area (Å²) in [6.45, 7) is 2.15. The molecule has 2 aromatic rings. The summed E-state index contributed by atoms with van der Waals surface area (Å²) in [5.41, 5.74) is 4.68. The minimum atomic E-state index is -0.298. The Hall–Kier alpha value is -2.89. The fraction of sp³-hybridized carbons (Fsp3) is 0.188. The average Bonchev–Trinajstić information content (AvgIpc) is 3.03. The fourth-order valence-electron chi connectivity index (χ4n) is 2.10. The lowest BCUT2D eigenvalue weighted by molar-refractivity contribution is 0.0954. The molecule has 0 radical (unpaired) electrons. The lowest BCUT2D eigenvalue weighted by Gasteiger charge is -2.05. The lowest BCUT2D eigenvalue weighted by Crippen LogP contribution is -2.20. The van der Waals surface area contributed by atoms with E-state index in [0.717, 1.165) is 11.3 Å². The molecule has 3 rings (SSSR count). The molecule has 0 unspecified atom stereocenters. The van der Waals surface area contributed by atoms with Gasteiger partial charge in [0.25, 0.3) is 5.91 Å². The van der Waals surface area contributed by atoms with Crippen LogP contribution < -0.4 is 14.9 Å². The number of aromatic nitrogens is 1. The van der Waals surface area contributed by atoms with Crippen LogP contribution in [0.2, 0.25) is 0 Å². The SMILES string of the molecule is CCC(=NNC(=O)c1ccc2c(c1)OCO2)c1cccnc1. The largest absolute Gasteiger partial charge is 0.454 e. The molecule has 1 aromatic heterocycles. The first-order valence-corrected chi connectivity index (χ1v) is 6.95. The summed E-state index contributed by atoms with van der Waals surface area (Å²) in [5, 5.41) is 4.19. The molecule has 0 atom stereocenters. The molecule has 1 N–H and O–H groups in total. The summed E-state index contributed by atoms with van der Waals surface area (Å²) in [6, 6.07) is 8.77. The number of fused-ring (bicyclic) bond motifs is 1. The van der Waals surface area contributed by atoms with Crippen molar-refractivity contribution in [1.82, 2.24) is 10.4 Å². The van der Waals surface area contributed by atoms with Gasteiger partial charge in [-0.15, -0.1) is 0 Å². The van der Waals surface area contributed by atoms with Gasteiger partial charge in [0.05, 0.1) is 5.71 Å². The van der Waals surface area contributed by atoms with Crippen molar-refractivity contribution in [3.05, 3.63) is 53.9 Å². The van der Waals surface area contributed by atoms with E-state index in [1.807, 2.05) is 19.1 Å². The van der Waals surface area contributed by atoms with Gasteiger partial charge in [0.1, 0.15) is 0 Å². The van der Waals surface area contributed by atoms with Gasteiger partial charge in [0.15, 0.2) is 11.5 Å². The molecule has 0 spiro atoms. The second-order valence-corrected chi connectivity index (χ2v) is 4.66. The van der Waals surface area contributed by atoms with Crippen LogP contribution in [0.3, 0.4) is 0 Å². The molecular weight excluding hydrogens is 282 g/mol. The Kier molecular flexibility index (Phi) is 4.00. The van der Waals surface area contributed by atoms with Gasteiger partial charge in [0.2, 0.25) is 6.79 Å². The van der Waals surface area contributed by atoms with Crippen molar-refractivity contribution >= 4 is 11.6 Å². The van der Waals surface area contributed by atoms with E-state index in [1.165, 1.54) is 0 Å². The molecule has 22 heavy (non-hydrogen) atoms. The summed E-state index contributed by atoms with van der Waals surface area (Å²) in [4.78, 5) is 16.2. The van der Waals surface area contributed by atoms with Crippen LogP contribution >= 0.6 is 0 Å². The van der Waals surface area contributed by atoms with Gasteiger partial charge in [0, 0.05) is 23.5 Å². The van der Waals surface area contributed by atoms with Gasteiger partial charge in [-0.3, -0.25) is 9.78 Å². The minimum absolute atomic E-state index is 0.180. The highest BCUT2D eigenvalue weighted by atomic mass is 16.7. The van der Waals surface area contributed by atoms with Gasteiger partial charge < -0.3 is 9.47 Å². The molecule has 6 heteroatoms. The average molecular weight is 297 g/mol. The number of hydrogen-bond acceptors (Lipinski definition) is 5. The molecule has 1 aliphatic heterocycles. The lowest BCUT2D eigenvalue weighted by atomic mass is 10.1. The van der Waals surface area contributed by atoms with E-state index in [4.69, 9.17) is 9.47 Å². The van der Waals surface area contributed by atoms with E-state index in [9.17, 15) is 4.79 Å². The highest BCUT2D eigenvalue weighted by Crippen LogP contribution is 2.32. The van der Waals surface area contributed by atoms with Crippen LogP contribution in [0.1, 0.15) is 29.3 Å². The third-order valence-corrected chi connectivity index (χ3v) is 3.26. The Morgan fingerprint density at radius 3 is 2.91 bits per heavy atom. The summed E-state index contributed by atoms with van der Waals surface area (Å²) in [6.07, 6.45) is 4.10. The zero-order valence-electron chi connectivity index (χ0n) is 12.1. The van der Waals surface area contributed by atoms with Gasteiger partial charge >= 0.3 is 0 Å². The number of ether oxygens (including phenoxy) is 2. The molecule has 0 aliphatic carbocycles. The summed E-state index contributed by atoms with van der Waals surface area (Å²) in [5.74, 6) is 0.914. The zero-order valence-corrected chi connectivity index (χ0v) is 12.1. The van der Waals surface area contributed by atoms with Crippen LogP contribution in [0, 0.1) is 0 Å². The maximum atomic E-state index is 12.2. The van der Waals surface area contributed by atoms with Crippen molar-refractivity contribution in [2.75, 3.05) is 6.79 Å². The summed E-state index contributed by atoms with van der Waals surface area (Å²) in [7, 11) is 0. The van der Waals surface area contributed by atoms with Crippen LogP contribution in [0.15, 0.2) is 47.8 Å². The van der Waals surface area contributed by atoms with E-state index >= 15 is 0 Å². The molecule has 6 nitrogen and oxygen atoms in total. The monoisotopic (exact) mass is 297 g/mol. The van der Waals surface area contributed by atoms with Crippen LogP contribution in [0.4, 0.5) is 0 Å². The number of carbonyl (C=O) groups excluding carboxylic acids is 1. The molecule has 1 aliphatic rings. The Bertz CT molecular complexity index is 714. The predicted octanol–water partition coefficient (Wildman–Crippen LogP) is 2.35. The number of nitrogens with zero attached hydrogens (tertiary/aromatic N) is 2. The first-order valence-electron chi connectivity index (χ1n) is 6.95. The molecule has 0 saturated heterocycles. The number of pyridine rings is 1. The summed E-state index contributed by atoms with van der Waals surface area (Å²) < 4.78 is 10.5. The number of hydrazone groups is 1. The van der Waals surface area contributed by atoms with Crippen molar-refractivity contribution in [2.45, 2.75) is 13.3 Å². The first-order chi connectivity index (χ1) is 10.8. The number of benzene rings is 1. The first kappa shape index (κ1) is 14.1. The molecule has 112 valence electrons. The van der Waals surface area contributed by atoms with Crippen LogP contribution in [-0.4, -0.2) is 23.4 Å². The Balaban J connectivity index is 1.75. The standard InChI is InChI=1S/C16H15N3O3/c1-2-13(12-4-3-7-17-9-12)18-19-16(20)11-5-6-14-15(8-11)22-10-21-14/h3-9H,2,10H2,1H3,(H,19,20). The van der Waals surface area contributed by atoms with E-state index in [0.29, 0.717) is 23.5 Å². The van der Waals surface area contributed by atoms with E-state index in [2.05, 4.69) is 15.5 Å². The Labute approximate surface area is 127 Å². The maximum Gasteiger partial charge on any atom is 0.271 e. The molecule has 1 amide bonds. The number of rotatable bonds is 4. The highest BCUT2D eigenvalue weighted by Gasteiger charge is 2.16. The second kappa shape index (κ2) is 6.26. The molecule has 2 heterocycles. The van der Waals surface area contributed by atoms with Crippen LogP contribution in [0.5, 0.6) is 11.5 Å². The number of hydrogen-bond donors (Lipinski definition) is 1. The van der Waals surface area contributed by atoms with Gasteiger partial charge in [-0.05, 0) is 30.7 Å². The van der Waals surface area contributed by atoms with Crippen molar-refractivity contribution in [2.24, 2.45) is 5.10 Å². The zero-order chi connectivity index (χ0) is 15.4. The third kappa shape index (κ3) is 2.90. The normalized spacial score (nSPS) is 13.0. The smallest absolute Gasteiger partial charge is 0.271 e. The van der Waals surface area contributed by atoms with Gasteiger partial charge in [-0.25, -0.2) is 5.43 Å². The Morgan fingerprint density at radius 1 is 1.27 bits per heavy atom. The number of nitrogens with one attached hydrogen (secondary N) is 1. The number of carbonyl (C=O) groups is 1. The van der Waals surface area contributed by atoms with Crippen molar-refractivity contribution < 1.29 is 14.3 Å².